The molecule has 1 aromatic heterocycles. The first-order chi connectivity index (χ1) is 11.2. The van der Waals surface area contributed by atoms with Crippen LogP contribution >= 0.6 is 11.8 Å². The van der Waals surface area contributed by atoms with E-state index in [2.05, 4.69) is 15.6 Å². The van der Waals surface area contributed by atoms with E-state index in [4.69, 9.17) is 0 Å². The van der Waals surface area contributed by atoms with Crippen LogP contribution in [-0.2, 0) is 4.79 Å². The largest absolute Gasteiger partial charge is 0.322 e. The highest BCUT2D eigenvalue weighted by atomic mass is 32.2. The Labute approximate surface area is 138 Å². The Morgan fingerprint density at radius 3 is 2.26 bits per heavy atom. The van der Waals surface area contributed by atoms with Gasteiger partial charge in [0.25, 0.3) is 11.8 Å². The molecule has 0 saturated carbocycles. The first-order valence-electron chi connectivity index (χ1n) is 7.18. The van der Waals surface area contributed by atoms with E-state index in [1.54, 1.807) is 54.4 Å². The fraction of sp³-hybridized carbons (Fsp3) is 0.118. The highest BCUT2D eigenvalue weighted by molar-refractivity contribution is 8.04. The molecule has 5 nitrogen and oxygen atoms in total. The van der Waals surface area contributed by atoms with Crippen LogP contribution in [0, 0.1) is 0 Å². The quantitative estimate of drug-likeness (QED) is 0.905. The van der Waals surface area contributed by atoms with Crippen molar-refractivity contribution in [1.29, 1.82) is 0 Å². The van der Waals surface area contributed by atoms with Crippen molar-refractivity contribution < 1.29 is 9.59 Å². The summed E-state index contributed by atoms with van der Waals surface area (Å²) >= 11 is 1.57. The Kier molecular flexibility index (Phi) is 4.73. The minimum absolute atomic E-state index is 0.0837. The SMILES string of the molecule is O=C(Nc1ccc(NC(=O)c2cccnc2)cc1)C1=CCCS1. The van der Waals surface area contributed by atoms with Crippen LogP contribution in [0.3, 0.4) is 0 Å². The Hall–Kier alpha value is -2.60. The molecule has 1 aliphatic rings. The Balaban J connectivity index is 1.61. The summed E-state index contributed by atoms with van der Waals surface area (Å²) in [5.41, 5.74) is 1.85. The maximum atomic E-state index is 12.0. The molecule has 0 radical (unpaired) electrons. The van der Waals surface area contributed by atoms with E-state index < -0.39 is 0 Å². The monoisotopic (exact) mass is 325 g/mol. The van der Waals surface area contributed by atoms with Crippen molar-refractivity contribution in [3.63, 3.8) is 0 Å². The van der Waals surface area contributed by atoms with Crippen LogP contribution in [0.5, 0.6) is 0 Å². The second-order valence-corrected chi connectivity index (χ2v) is 6.07. The van der Waals surface area contributed by atoms with E-state index in [1.165, 1.54) is 6.20 Å². The number of hydrogen-bond acceptors (Lipinski definition) is 4. The second-order valence-electron chi connectivity index (χ2n) is 4.93. The molecule has 23 heavy (non-hydrogen) atoms. The number of carbonyl (C=O) groups excluding carboxylic acids is 2. The summed E-state index contributed by atoms with van der Waals surface area (Å²) in [6, 6.07) is 10.4. The average molecular weight is 325 g/mol. The van der Waals surface area contributed by atoms with E-state index in [-0.39, 0.29) is 11.8 Å². The predicted molar refractivity (Wildman–Crippen MR) is 92.4 cm³/mol. The Bertz CT molecular complexity index is 742. The lowest BCUT2D eigenvalue weighted by Gasteiger charge is -2.08. The van der Waals surface area contributed by atoms with Crippen LogP contribution in [0.4, 0.5) is 11.4 Å². The topological polar surface area (TPSA) is 71.1 Å². The van der Waals surface area contributed by atoms with Crippen LogP contribution in [0.2, 0.25) is 0 Å². The third kappa shape index (κ3) is 3.98. The number of hydrogen-bond donors (Lipinski definition) is 2. The fourth-order valence-electron chi connectivity index (χ4n) is 2.11. The number of pyridine rings is 1. The molecule has 0 spiro atoms. The van der Waals surface area contributed by atoms with Crippen molar-refractivity contribution >= 4 is 35.0 Å². The van der Waals surface area contributed by atoms with Gasteiger partial charge in [-0.05, 0) is 42.8 Å². The number of aromatic nitrogens is 1. The molecule has 3 rings (SSSR count). The summed E-state index contributed by atoms with van der Waals surface area (Å²) in [4.78, 5) is 28.7. The van der Waals surface area contributed by atoms with Gasteiger partial charge in [-0.3, -0.25) is 14.6 Å². The lowest BCUT2D eigenvalue weighted by molar-refractivity contribution is -0.112. The molecule has 0 unspecified atom stereocenters. The maximum Gasteiger partial charge on any atom is 0.261 e. The number of anilines is 2. The highest BCUT2D eigenvalue weighted by Gasteiger charge is 2.14. The van der Waals surface area contributed by atoms with Crippen LogP contribution < -0.4 is 10.6 Å². The van der Waals surface area contributed by atoms with E-state index in [0.29, 0.717) is 16.9 Å². The third-order valence-electron chi connectivity index (χ3n) is 3.25. The Morgan fingerprint density at radius 2 is 1.70 bits per heavy atom. The molecule has 0 saturated heterocycles. The summed E-state index contributed by atoms with van der Waals surface area (Å²) in [5.74, 6) is 0.657. The fourth-order valence-corrected chi connectivity index (χ4v) is 2.98. The zero-order chi connectivity index (χ0) is 16.1. The summed E-state index contributed by atoms with van der Waals surface area (Å²) in [5, 5.41) is 5.63. The van der Waals surface area contributed by atoms with Gasteiger partial charge < -0.3 is 10.6 Å². The standard InChI is InChI=1S/C17H15N3O2S/c21-16(12-3-1-9-18-11-12)19-13-5-7-14(8-6-13)20-17(22)15-4-2-10-23-15/h1,3-9,11H,2,10H2,(H,19,21)(H,20,22). The van der Waals surface area contributed by atoms with Gasteiger partial charge in [-0.15, -0.1) is 11.8 Å². The lowest BCUT2D eigenvalue weighted by atomic mass is 10.2. The Morgan fingerprint density at radius 1 is 1.00 bits per heavy atom. The number of nitrogens with zero attached hydrogens (tertiary/aromatic N) is 1. The molecule has 1 aromatic carbocycles. The average Bonchev–Trinajstić information content (AvgIpc) is 3.12. The van der Waals surface area contributed by atoms with E-state index in [9.17, 15) is 9.59 Å². The number of rotatable bonds is 4. The molecule has 0 fully saturated rings. The van der Waals surface area contributed by atoms with E-state index in [1.807, 2.05) is 6.08 Å². The summed E-state index contributed by atoms with van der Waals surface area (Å²) in [6.45, 7) is 0. The van der Waals surface area contributed by atoms with Crippen LogP contribution in [0.15, 0.2) is 59.8 Å². The number of amides is 2. The highest BCUT2D eigenvalue weighted by Crippen LogP contribution is 2.26. The first kappa shape index (κ1) is 15.3. The number of thioether (sulfide) groups is 1. The maximum absolute atomic E-state index is 12.0. The van der Waals surface area contributed by atoms with Gasteiger partial charge in [0.15, 0.2) is 0 Å². The lowest BCUT2D eigenvalue weighted by Crippen LogP contribution is -2.13. The van der Waals surface area contributed by atoms with Gasteiger partial charge in [-0.25, -0.2) is 0 Å². The molecule has 1 aliphatic heterocycles. The van der Waals surface area contributed by atoms with Crippen LogP contribution in [-0.4, -0.2) is 22.6 Å². The predicted octanol–water partition coefficient (Wildman–Crippen LogP) is 3.29. The summed E-state index contributed by atoms with van der Waals surface area (Å²) in [6.07, 6.45) is 6.01. The molecule has 2 amide bonds. The molecule has 0 atom stereocenters. The molecular formula is C17H15N3O2S. The van der Waals surface area contributed by atoms with Crippen LogP contribution in [0.1, 0.15) is 16.8 Å². The molecule has 2 heterocycles. The van der Waals surface area contributed by atoms with E-state index in [0.717, 1.165) is 17.1 Å². The minimum atomic E-state index is -0.220. The summed E-state index contributed by atoms with van der Waals surface area (Å²) < 4.78 is 0. The zero-order valence-electron chi connectivity index (χ0n) is 12.3. The molecular weight excluding hydrogens is 310 g/mol. The number of benzene rings is 1. The molecule has 2 aromatic rings. The van der Waals surface area contributed by atoms with Crippen molar-refractivity contribution in [3.8, 4) is 0 Å². The van der Waals surface area contributed by atoms with Gasteiger partial charge in [0.2, 0.25) is 0 Å². The van der Waals surface area contributed by atoms with Crippen molar-refractivity contribution in [2.75, 3.05) is 16.4 Å². The van der Waals surface area contributed by atoms with E-state index >= 15 is 0 Å². The normalized spacial score (nSPS) is 13.3. The van der Waals surface area contributed by atoms with Gasteiger partial charge in [-0.1, -0.05) is 6.08 Å². The first-order valence-corrected chi connectivity index (χ1v) is 8.17. The molecule has 2 N–H and O–H groups in total. The van der Waals surface area contributed by atoms with Gasteiger partial charge >= 0.3 is 0 Å². The minimum Gasteiger partial charge on any atom is -0.322 e. The zero-order valence-corrected chi connectivity index (χ0v) is 13.1. The van der Waals surface area contributed by atoms with Crippen molar-refractivity contribution in [2.45, 2.75) is 6.42 Å². The smallest absolute Gasteiger partial charge is 0.261 e. The molecule has 0 bridgehead atoms. The second kappa shape index (κ2) is 7.11. The molecule has 0 aliphatic carbocycles. The van der Waals surface area contributed by atoms with Crippen molar-refractivity contribution in [1.82, 2.24) is 4.98 Å². The molecule has 6 heteroatoms. The van der Waals surface area contributed by atoms with Crippen molar-refractivity contribution in [2.24, 2.45) is 0 Å². The van der Waals surface area contributed by atoms with Gasteiger partial charge in [-0.2, -0.15) is 0 Å². The van der Waals surface area contributed by atoms with Crippen molar-refractivity contribution in [3.05, 3.63) is 65.3 Å². The van der Waals surface area contributed by atoms with Gasteiger partial charge in [0, 0.05) is 29.5 Å². The number of nitrogens with one attached hydrogen (secondary N) is 2. The summed E-state index contributed by atoms with van der Waals surface area (Å²) in [7, 11) is 0. The van der Waals surface area contributed by atoms with Gasteiger partial charge in [0.1, 0.15) is 0 Å². The molecule has 116 valence electrons. The number of allylic oxidation sites excluding steroid dienone is 1. The van der Waals surface area contributed by atoms with Crippen LogP contribution in [0.25, 0.3) is 0 Å². The van der Waals surface area contributed by atoms with Gasteiger partial charge in [0.05, 0.1) is 10.5 Å². The number of carbonyl (C=O) groups is 2. The third-order valence-corrected chi connectivity index (χ3v) is 4.36.